The van der Waals surface area contributed by atoms with E-state index in [0.29, 0.717) is 6.04 Å². The molecular formula is C13H25Cl2N3S. The van der Waals surface area contributed by atoms with Crippen molar-refractivity contribution in [3.63, 3.8) is 0 Å². The van der Waals surface area contributed by atoms with Gasteiger partial charge >= 0.3 is 0 Å². The van der Waals surface area contributed by atoms with Crippen LogP contribution in [0, 0.1) is 0 Å². The lowest BCUT2D eigenvalue weighted by Crippen LogP contribution is -2.49. The lowest BCUT2D eigenvalue weighted by atomic mass is 9.93. The van der Waals surface area contributed by atoms with Crippen LogP contribution in [0.5, 0.6) is 0 Å². The molecular weight excluding hydrogens is 301 g/mol. The maximum absolute atomic E-state index is 4.77. The van der Waals surface area contributed by atoms with Crippen LogP contribution in [-0.2, 0) is 12.0 Å². The summed E-state index contributed by atoms with van der Waals surface area (Å²) in [6.07, 6.45) is 0. The van der Waals surface area contributed by atoms with Crippen molar-refractivity contribution in [2.24, 2.45) is 0 Å². The quantitative estimate of drug-likeness (QED) is 0.905. The predicted octanol–water partition coefficient (Wildman–Crippen LogP) is 3.08. The average Bonchev–Trinajstić information content (AvgIpc) is 2.69. The molecule has 3 nitrogen and oxygen atoms in total. The Hall–Kier alpha value is 0.130. The van der Waals surface area contributed by atoms with Crippen molar-refractivity contribution >= 4 is 36.2 Å². The fraction of sp³-hybridized carbons (Fsp3) is 0.769. The number of aromatic nitrogens is 1. The van der Waals surface area contributed by atoms with E-state index in [1.807, 2.05) is 0 Å². The van der Waals surface area contributed by atoms with Gasteiger partial charge in [-0.15, -0.1) is 36.2 Å². The van der Waals surface area contributed by atoms with Gasteiger partial charge in [0.2, 0.25) is 0 Å². The van der Waals surface area contributed by atoms with Crippen LogP contribution in [0.2, 0.25) is 0 Å². The molecule has 2 rings (SSSR count). The summed E-state index contributed by atoms with van der Waals surface area (Å²) >= 11 is 1.80. The first-order valence-corrected chi connectivity index (χ1v) is 7.24. The second kappa shape index (κ2) is 7.79. The molecule has 1 fully saturated rings. The summed E-state index contributed by atoms with van der Waals surface area (Å²) in [4.78, 5) is 7.28. The summed E-state index contributed by atoms with van der Waals surface area (Å²) in [5.41, 5.74) is 1.39. The zero-order chi connectivity index (χ0) is 12.5. The van der Waals surface area contributed by atoms with Crippen molar-refractivity contribution in [2.45, 2.75) is 45.7 Å². The summed E-state index contributed by atoms with van der Waals surface area (Å²) < 4.78 is 0. The molecule has 1 atom stereocenters. The zero-order valence-corrected chi connectivity index (χ0v) is 14.6. The maximum atomic E-state index is 4.77. The van der Waals surface area contributed by atoms with Crippen molar-refractivity contribution in [3.05, 3.63) is 16.1 Å². The standard InChI is InChI=1S/C13H23N3S.2ClH/c1-10-7-14-5-6-16(10)8-12-15-11(9-17-12)13(2,3)4;;/h9-10,14H,5-8H2,1-4H3;2*1H. The monoisotopic (exact) mass is 325 g/mol. The number of hydrogen-bond donors (Lipinski definition) is 1. The third kappa shape index (κ3) is 5.20. The summed E-state index contributed by atoms with van der Waals surface area (Å²) in [5, 5.41) is 6.88. The topological polar surface area (TPSA) is 28.2 Å². The Morgan fingerprint density at radius 3 is 2.63 bits per heavy atom. The average molecular weight is 326 g/mol. The summed E-state index contributed by atoms with van der Waals surface area (Å²) in [7, 11) is 0. The smallest absolute Gasteiger partial charge is 0.107 e. The SMILES string of the molecule is CC1CNCCN1Cc1nc(C(C)(C)C)cs1.Cl.Cl. The first-order chi connectivity index (χ1) is 7.97. The van der Waals surface area contributed by atoms with Crippen LogP contribution in [0.4, 0.5) is 0 Å². The first-order valence-electron chi connectivity index (χ1n) is 6.36. The summed E-state index contributed by atoms with van der Waals surface area (Å²) in [5.74, 6) is 0. The van der Waals surface area contributed by atoms with Gasteiger partial charge in [-0.1, -0.05) is 20.8 Å². The highest BCUT2D eigenvalue weighted by molar-refractivity contribution is 7.09. The fourth-order valence-corrected chi connectivity index (χ4v) is 3.07. The van der Waals surface area contributed by atoms with Gasteiger partial charge in [-0.25, -0.2) is 4.98 Å². The second-order valence-electron chi connectivity index (χ2n) is 5.90. The third-order valence-electron chi connectivity index (χ3n) is 3.30. The van der Waals surface area contributed by atoms with Gasteiger partial charge in [0.15, 0.2) is 0 Å². The minimum atomic E-state index is 0. The van der Waals surface area contributed by atoms with Crippen LogP contribution < -0.4 is 5.32 Å². The summed E-state index contributed by atoms with van der Waals surface area (Å²) in [6.45, 7) is 13.3. The van der Waals surface area contributed by atoms with Crippen LogP contribution in [0.15, 0.2) is 5.38 Å². The van der Waals surface area contributed by atoms with Gasteiger partial charge in [-0.3, -0.25) is 4.90 Å². The highest BCUT2D eigenvalue weighted by Crippen LogP contribution is 2.24. The molecule has 19 heavy (non-hydrogen) atoms. The maximum Gasteiger partial charge on any atom is 0.107 e. The number of nitrogens with one attached hydrogen (secondary N) is 1. The minimum Gasteiger partial charge on any atom is -0.314 e. The molecule has 112 valence electrons. The number of piperazine rings is 1. The zero-order valence-electron chi connectivity index (χ0n) is 12.1. The van der Waals surface area contributed by atoms with Crippen LogP contribution >= 0.6 is 36.2 Å². The van der Waals surface area contributed by atoms with E-state index in [4.69, 9.17) is 4.98 Å². The largest absolute Gasteiger partial charge is 0.314 e. The van der Waals surface area contributed by atoms with E-state index in [9.17, 15) is 0 Å². The molecule has 1 saturated heterocycles. The number of rotatable bonds is 2. The normalized spacial score (nSPS) is 20.5. The molecule has 0 bridgehead atoms. The highest BCUT2D eigenvalue weighted by atomic mass is 35.5. The molecule has 0 saturated carbocycles. The molecule has 1 aromatic heterocycles. The molecule has 6 heteroatoms. The van der Waals surface area contributed by atoms with Gasteiger partial charge < -0.3 is 5.32 Å². The van der Waals surface area contributed by atoms with Crippen molar-refractivity contribution in [2.75, 3.05) is 19.6 Å². The second-order valence-corrected chi connectivity index (χ2v) is 6.84. The Bertz CT molecular complexity index is 376. The van der Waals surface area contributed by atoms with Crippen LogP contribution in [0.3, 0.4) is 0 Å². The van der Waals surface area contributed by atoms with E-state index in [2.05, 4.69) is 43.3 Å². The van der Waals surface area contributed by atoms with E-state index in [0.717, 1.165) is 26.2 Å². The highest BCUT2D eigenvalue weighted by Gasteiger charge is 2.21. The molecule has 1 N–H and O–H groups in total. The van der Waals surface area contributed by atoms with Crippen molar-refractivity contribution in [1.82, 2.24) is 15.2 Å². The Morgan fingerprint density at radius 1 is 1.42 bits per heavy atom. The van der Waals surface area contributed by atoms with Gasteiger partial charge in [0, 0.05) is 36.5 Å². The first kappa shape index (κ1) is 19.1. The van der Waals surface area contributed by atoms with Crippen LogP contribution in [0.1, 0.15) is 38.4 Å². The van der Waals surface area contributed by atoms with Crippen LogP contribution in [-0.4, -0.2) is 35.6 Å². The molecule has 0 aliphatic carbocycles. The lowest BCUT2D eigenvalue weighted by Gasteiger charge is -2.33. The minimum absolute atomic E-state index is 0. The molecule has 0 aromatic carbocycles. The lowest BCUT2D eigenvalue weighted by molar-refractivity contribution is 0.165. The number of halogens is 2. The van der Waals surface area contributed by atoms with Gasteiger partial charge in [0.1, 0.15) is 5.01 Å². The molecule has 1 unspecified atom stereocenters. The Kier molecular flexibility index (Phi) is 7.85. The Morgan fingerprint density at radius 2 is 2.11 bits per heavy atom. The third-order valence-corrected chi connectivity index (χ3v) is 4.13. The molecule has 2 heterocycles. The van der Waals surface area contributed by atoms with E-state index in [1.165, 1.54) is 10.7 Å². The van der Waals surface area contributed by atoms with Crippen molar-refractivity contribution in [1.29, 1.82) is 0 Å². The fourth-order valence-electron chi connectivity index (χ4n) is 2.02. The van der Waals surface area contributed by atoms with E-state index in [-0.39, 0.29) is 30.2 Å². The molecule has 1 aromatic rings. The molecule has 1 aliphatic rings. The molecule has 0 amide bonds. The number of nitrogens with zero attached hydrogens (tertiary/aromatic N) is 2. The van der Waals surface area contributed by atoms with Gasteiger partial charge in [-0.05, 0) is 6.92 Å². The molecule has 0 spiro atoms. The van der Waals surface area contributed by atoms with Crippen molar-refractivity contribution < 1.29 is 0 Å². The number of hydrogen-bond acceptors (Lipinski definition) is 4. The summed E-state index contributed by atoms with van der Waals surface area (Å²) in [6, 6.07) is 0.616. The van der Waals surface area contributed by atoms with Crippen LogP contribution in [0.25, 0.3) is 0 Å². The molecule has 1 aliphatic heterocycles. The van der Waals surface area contributed by atoms with E-state index in [1.54, 1.807) is 11.3 Å². The van der Waals surface area contributed by atoms with Gasteiger partial charge in [0.05, 0.1) is 12.2 Å². The Labute approximate surface area is 133 Å². The Balaban J connectivity index is 0.00000162. The number of thiazole rings is 1. The van der Waals surface area contributed by atoms with E-state index < -0.39 is 0 Å². The predicted molar refractivity (Wildman–Crippen MR) is 88.1 cm³/mol. The van der Waals surface area contributed by atoms with Gasteiger partial charge in [-0.2, -0.15) is 0 Å². The van der Waals surface area contributed by atoms with Crippen molar-refractivity contribution in [3.8, 4) is 0 Å². The van der Waals surface area contributed by atoms with E-state index >= 15 is 0 Å². The van der Waals surface area contributed by atoms with Gasteiger partial charge in [0.25, 0.3) is 0 Å². The molecule has 0 radical (unpaired) electrons.